The minimum atomic E-state index is -0.931. The summed E-state index contributed by atoms with van der Waals surface area (Å²) in [6, 6.07) is -1.02. The zero-order chi connectivity index (χ0) is 16.0. The van der Waals surface area contributed by atoms with E-state index in [4.69, 9.17) is 15.9 Å². The predicted molar refractivity (Wildman–Crippen MR) is 74.7 cm³/mol. The molecule has 0 spiro atoms. The van der Waals surface area contributed by atoms with Crippen LogP contribution >= 0.6 is 0 Å². The van der Waals surface area contributed by atoms with E-state index in [2.05, 4.69) is 0 Å². The minimum Gasteiger partial charge on any atom is -1.00 e. The molecule has 7 heteroatoms. The van der Waals surface area contributed by atoms with Crippen molar-refractivity contribution in [3.05, 3.63) is 0 Å². The summed E-state index contributed by atoms with van der Waals surface area (Å²) < 4.78 is 0.479. The summed E-state index contributed by atoms with van der Waals surface area (Å²) in [5, 5.41) is 17.1. The number of aliphatic carboxylic acids is 2. The number of quaternary nitrogens is 1. The average Bonchev–Trinajstić information content (AvgIpc) is 2.12. The highest BCUT2D eigenvalue weighted by molar-refractivity contribution is 5.73. The third-order valence-corrected chi connectivity index (χ3v) is 2.72. The van der Waals surface area contributed by atoms with E-state index in [0.717, 1.165) is 0 Å². The molecule has 0 aromatic heterocycles. The van der Waals surface area contributed by atoms with Crippen molar-refractivity contribution in [2.24, 2.45) is 17.6 Å². The smallest absolute Gasteiger partial charge is 0.362 e. The second-order valence-corrected chi connectivity index (χ2v) is 6.25. The molecular formula is C13H29ClN2O4. The zero-order valence-corrected chi connectivity index (χ0v) is 14.2. The number of hydrogen-bond acceptors (Lipinski definition) is 3. The van der Waals surface area contributed by atoms with Crippen LogP contribution in [0, 0.1) is 11.8 Å². The lowest BCUT2D eigenvalue weighted by Crippen LogP contribution is -3.00. The maximum Gasteiger partial charge on any atom is 0.362 e. The van der Waals surface area contributed by atoms with Gasteiger partial charge in [-0.3, -0.25) is 4.79 Å². The van der Waals surface area contributed by atoms with Crippen LogP contribution in [0.4, 0.5) is 0 Å². The van der Waals surface area contributed by atoms with E-state index >= 15 is 0 Å². The first kappa shape index (κ1) is 24.2. The Kier molecular flexibility index (Phi) is 12.0. The minimum absolute atomic E-state index is 0. The highest BCUT2D eigenvalue weighted by Crippen LogP contribution is 2.13. The SMILES string of the molecule is CC(C)C(C(=O)O)[N+](C)(C)C.CC(C)C(N)C(=O)O.[Cl-]. The number of carboxylic acid groups (broad SMARTS) is 2. The van der Waals surface area contributed by atoms with E-state index in [0.29, 0.717) is 4.48 Å². The Bertz CT molecular complexity index is 301. The van der Waals surface area contributed by atoms with Crippen LogP contribution in [0.15, 0.2) is 0 Å². The van der Waals surface area contributed by atoms with E-state index in [1.54, 1.807) is 13.8 Å². The summed E-state index contributed by atoms with van der Waals surface area (Å²) in [5.74, 6) is -1.45. The average molecular weight is 313 g/mol. The molecule has 0 aromatic carbocycles. The lowest BCUT2D eigenvalue weighted by Gasteiger charge is -2.33. The monoisotopic (exact) mass is 312 g/mol. The number of hydrogen-bond donors (Lipinski definition) is 3. The summed E-state index contributed by atoms with van der Waals surface area (Å²) in [6.45, 7) is 7.42. The molecule has 0 aromatic rings. The third kappa shape index (κ3) is 10.00. The fraction of sp³-hybridized carbons (Fsp3) is 0.846. The van der Waals surface area contributed by atoms with Gasteiger partial charge in [0, 0.05) is 5.92 Å². The Morgan fingerprint density at radius 1 is 0.900 bits per heavy atom. The van der Waals surface area contributed by atoms with Gasteiger partial charge in [0.2, 0.25) is 0 Å². The van der Waals surface area contributed by atoms with Crippen LogP contribution in [0.3, 0.4) is 0 Å². The Hall–Kier alpha value is -0.850. The number of nitrogens with zero attached hydrogens (tertiary/aromatic N) is 1. The molecule has 4 N–H and O–H groups in total. The molecule has 0 radical (unpaired) electrons. The molecule has 0 aliphatic rings. The quantitative estimate of drug-likeness (QED) is 0.503. The number of carbonyl (C=O) groups is 2. The molecule has 0 aliphatic heterocycles. The Labute approximate surface area is 127 Å². The van der Waals surface area contributed by atoms with Crippen molar-refractivity contribution in [2.45, 2.75) is 39.8 Å². The van der Waals surface area contributed by atoms with Crippen molar-refractivity contribution in [3.63, 3.8) is 0 Å². The van der Waals surface area contributed by atoms with Gasteiger partial charge in [0.15, 0.2) is 6.04 Å². The second kappa shape index (κ2) is 9.96. The summed E-state index contributed by atoms with van der Waals surface area (Å²) >= 11 is 0. The maximum atomic E-state index is 10.8. The van der Waals surface area contributed by atoms with Crippen LogP contribution in [0.1, 0.15) is 27.7 Å². The van der Waals surface area contributed by atoms with Crippen molar-refractivity contribution in [3.8, 4) is 0 Å². The maximum absolute atomic E-state index is 10.8. The van der Waals surface area contributed by atoms with Crippen LogP contribution in [0.2, 0.25) is 0 Å². The van der Waals surface area contributed by atoms with Crippen LogP contribution in [-0.2, 0) is 9.59 Å². The Morgan fingerprint density at radius 3 is 1.25 bits per heavy atom. The van der Waals surface area contributed by atoms with Gasteiger partial charge < -0.3 is 32.8 Å². The third-order valence-electron chi connectivity index (χ3n) is 2.72. The Balaban J connectivity index is -0.000000288. The molecule has 0 bridgehead atoms. The molecule has 0 saturated heterocycles. The molecule has 20 heavy (non-hydrogen) atoms. The molecule has 0 amide bonds. The van der Waals surface area contributed by atoms with Gasteiger partial charge in [0.05, 0.1) is 21.1 Å². The highest BCUT2D eigenvalue weighted by atomic mass is 35.5. The van der Waals surface area contributed by atoms with E-state index in [9.17, 15) is 9.59 Å². The number of nitrogens with two attached hydrogens (primary N) is 1. The summed E-state index contributed by atoms with van der Waals surface area (Å²) in [5.41, 5.74) is 5.16. The molecule has 0 heterocycles. The van der Waals surface area contributed by atoms with Gasteiger partial charge in [-0.15, -0.1) is 0 Å². The summed E-state index contributed by atoms with van der Waals surface area (Å²) in [4.78, 5) is 20.8. The summed E-state index contributed by atoms with van der Waals surface area (Å²) in [7, 11) is 5.70. The van der Waals surface area contributed by atoms with E-state index in [1.807, 2.05) is 35.0 Å². The molecule has 6 nitrogen and oxygen atoms in total. The number of halogens is 1. The first-order chi connectivity index (χ1) is 8.32. The van der Waals surface area contributed by atoms with Crippen molar-refractivity contribution in [1.82, 2.24) is 0 Å². The standard InChI is InChI=1S/C8H17NO2.C5H11NO2.ClH/c1-6(2)7(8(10)11)9(3,4)5;1-3(2)4(6)5(7)8;/h6-7H,1-5H3;3-4H,6H2,1-2H3,(H,7,8);1H. The topological polar surface area (TPSA) is 101 Å². The molecule has 0 aliphatic carbocycles. The first-order valence-electron chi connectivity index (χ1n) is 6.34. The normalized spacial score (nSPS) is 13.9. The molecule has 2 atom stereocenters. The number of likely N-dealkylation sites (N-methyl/N-ethyl adjacent to an activating group) is 1. The van der Waals surface area contributed by atoms with Crippen LogP contribution in [0.25, 0.3) is 0 Å². The molecule has 0 fully saturated rings. The van der Waals surface area contributed by atoms with Gasteiger partial charge in [0.1, 0.15) is 6.04 Å². The van der Waals surface area contributed by atoms with Gasteiger partial charge in [-0.2, -0.15) is 0 Å². The molecule has 122 valence electrons. The Morgan fingerprint density at radius 2 is 1.25 bits per heavy atom. The predicted octanol–water partition coefficient (Wildman–Crippen LogP) is -2.14. The first-order valence-corrected chi connectivity index (χ1v) is 6.34. The second-order valence-electron chi connectivity index (χ2n) is 6.25. The van der Waals surface area contributed by atoms with E-state index in [1.165, 1.54) is 0 Å². The van der Waals surface area contributed by atoms with E-state index in [-0.39, 0.29) is 30.3 Å². The van der Waals surface area contributed by atoms with Crippen LogP contribution in [-0.4, -0.2) is 59.9 Å². The van der Waals surface area contributed by atoms with Crippen molar-refractivity contribution in [2.75, 3.05) is 21.1 Å². The molecular weight excluding hydrogens is 284 g/mol. The lowest BCUT2D eigenvalue weighted by atomic mass is 10.0. The van der Waals surface area contributed by atoms with Crippen LogP contribution in [0.5, 0.6) is 0 Å². The number of carboxylic acids is 2. The lowest BCUT2D eigenvalue weighted by molar-refractivity contribution is -0.890. The fourth-order valence-electron chi connectivity index (χ4n) is 1.80. The van der Waals surface area contributed by atoms with Gasteiger partial charge in [-0.25, -0.2) is 4.79 Å². The fourth-order valence-corrected chi connectivity index (χ4v) is 1.80. The van der Waals surface area contributed by atoms with E-state index < -0.39 is 18.0 Å². The van der Waals surface area contributed by atoms with Crippen LogP contribution < -0.4 is 18.1 Å². The number of rotatable bonds is 5. The van der Waals surface area contributed by atoms with Gasteiger partial charge in [-0.1, -0.05) is 27.7 Å². The molecule has 0 rings (SSSR count). The van der Waals surface area contributed by atoms with Crippen molar-refractivity contribution >= 4 is 11.9 Å². The molecule has 2 unspecified atom stereocenters. The zero-order valence-electron chi connectivity index (χ0n) is 13.4. The largest absolute Gasteiger partial charge is 1.00 e. The van der Waals surface area contributed by atoms with Gasteiger partial charge in [-0.05, 0) is 5.92 Å². The van der Waals surface area contributed by atoms with Gasteiger partial charge >= 0.3 is 11.9 Å². The van der Waals surface area contributed by atoms with Crippen molar-refractivity contribution < 1.29 is 36.7 Å². The van der Waals surface area contributed by atoms with Gasteiger partial charge in [0.25, 0.3) is 0 Å². The summed E-state index contributed by atoms with van der Waals surface area (Å²) in [6.07, 6.45) is 0. The molecule has 0 saturated carbocycles. The van der Waals surface area contributed by atoms with Crippen molar-refractivity contribution in [1.29, 1.82) is 0 Å². The highest BCUT2D eigenvalue weighted by Gasteiger charge is 2.33.